The minimum Gasteiger partial charge on any atom is -0.378 e. The first-order valence-electron chi connectivity index (χ1n) is 13.9. The standard InChI is InChI=1S/C28H39N9O3/c29-13-16-39-18-19-40-17-15-31-25(38)21-9-11-23(12-10-21)34-28-36-26(32-20-24-8-4-5-14-30-24)35-27(37-28)33-22-6-2-1-3-7-22/h4-5,8-12,14,22H,1-3,6-7,13,15-20,29H2,(H,31,38)(H3,32,33,34,35,36,37). The summed E-state index contributed by atoms with van der Waals surface area (Å²) in [5.41, 5.74) is 7.55. The van der Waals surface area contributed by atoms with E-state index in [1.165, 1.54) is 19.3 Å². The fourth-order valence-corrected chi connectivity index (χ4v) is 4.26. The lowest BCUT2D eigenvalue weighted by Gasteiger charge is -2.23. The zero-order valence-corrected chi connectivity index (χ0v) is 22.8. The molecule has 0 aliphatic heterocycles. The highest BCUT2D eigenvalue weighted by Crippen LogP contribution is 2.22. The quantitative estimate of drug-likeness (QED) is 0.167. The predicted octanol–water partition coefficient (Wildman–Crippen LogP) is 3.09. The van der Waals surface area contributed by atoms with Crippen LogP contribution in [0.4, 0.5) is 23.5 Å². The molecule has 4 rings (SSSR count). The Morgan fingerprint density at radius 3 is 2.38 bits per heavy atom. The second kappa shape index (κ2) is 16.3. The summed E-state index contributed by atoms with van der Waals surface area (Å²) in [6.45, 7) is 3.26. The van der Waals surface area contributed by atoms with Gasteiger partial charge in [-0.05, 0) is 49.2 Å². The molecule has 0 atom stereocenters. The molecule has 1 amide bonds. The van der Waals surface area contributed by atoms with Crippen molar-refractivity contribution in [3.63, 3.8) is 0 Å². The number of carbonyl (C=O) groups excluding carboxylic acids is 1. The Balaban J connectivity index is 1.33. The molecule has 0 saturated heterocycles. The van der Waals surface area contributed by atoms with Gasteiger partial charge in [-0.25, -0.2) is 0 Å². The van der Waals surface area contributed by atoms with Gasteiger partial charge in [-0.15, -0.1) is 0 Å². The predicted molar refractivity (Wildman–Crippen MR) is 155 cm³/mol. The Kier molecular flexibility index (Phi) is 11.9. The van der Waals surface area contributed by atoms with Crippen molar-refractivity contribution in [2.75, 3.05) is 55.5 Å². The van der Waals surface area contributed by atoms with Crippen LogP contribution in [0.15, 0.2) is 48.7 Å². The topological polar surface area (TPSA) is 161 Å². The maximum atomic E-state index is 12.5. The first-order chi connectivity index (χ1) is 19.7. The van der Waals surface area contributed by atoms with Crippen LogP contribution >= 0.6 is 0 Å². The number of ether oxygens (including phenoxy) is 2. The fourth-order valence-electron chi connectivity index (χ4n) is 4.26. The van der Waals surface area contributed by atoms with Gasteiger partial charge in [0.25, 0.3) is 5.91 Å². The van der Waals surface area contributed by atoms with Gasteiger partial charge in [-0.2, -0.15) is 15.0 Å². The van der Waals surface area contributed by atoms with Gasteiger partial charge in [0.15, 0.2) is 0 Å². The summed E-state index contributed by atoms with van der Waals surface area (Å²) in [7, 11) is 0. The van der Waals surface area contributed by atoms with Gasteiger partial charge in [0, 0.05) is 36.6 Å². The van der Waals surface area contributed by atoms with Crippen molar-refractivity contribution < 1.29 is 14.3 Å². The van der Waals surface area contributed by atoms with Gasteiger partial charge in [-0.3, -0.25) is 9.78 Å². The van der Waals surface area contributed by atoms with Crippen LogP contribution in [0.1, 0.15) is 48.2 Å². The lowest BCUT2D eigenvalue weighted by molar-refractivity contribution is 0.0511. The number of hydrogen-bond acceptors (Lipinski definition) is 11. The molecule has 40 heavy (non-hydrogen) atoms. The van der Waals surface area contributed by atoms with E-state index < -0.39 is 0 Å². The molecular formula is C28H39N9O3. The maximum absolute atomic E-state index is 12.5. The molecule has 12 nitrogen and oxygen atoms in total. The first kappa shape index (κ1) is 29.1. The highest BCUT2D eigenvalue weighted by molar-refractivity contribution is 5.94. The highest BCUT2D eigenvalue weighted by Gasteiger charge is 2.16. The number of aromatic nitrogens is 4. The Morgan fingerprint density at radius 1 is 0.875 bits per heavy atom. The summed E-state index contributed by atoms with van der Waals surface area (Å²) < 4.78 is 10.7. The van der Waals surface area contributed by atoms with Gasteiger partial charge in [0.05, 0.1) is 38.7 Å². The molecule has 3 aromatic rings. The van der Waals surface area contributed by atoms with Crippen molar-refractivity contribution in [1.82, 2.24) is 25.3 Å². The number of nitrogens with zero attached hydrogens (tertiary/aromatic N) is 4. The van der Waals surface area contributed by atoms with E-state index in [0.29, 0.717) is 75.5 Å². The summed E-state index contributed by atoms with van der Waals surface area (Å²) in [5.74, 6) is 1.21. The number of benzene rings is 1. The fraction of sp³-hybridized carbons (Fsp3) is 0.464. The molecule has 0 unspecified atom stereocenters. The minimum atomic E-state index is -0.172. The summed E-state index contributed by atoms with van der Waals surface area (Å²) in [5, 5.41) is 12.8. The number of anilines is 4. The number of amides is 1. The van der Waals surface area contributed by atoms with Crippen LogP contribution in [0, 0.1) is 0 Å². The highest BCUT2D eigenvalue weighted by atomic mass is 16.5. The van der Waals surface area contributed by atoms with Crippen LogP contribution in [0.5, 0.6) is 0 Å². The van der Waals surface area contributed by atoms with Crippen molar-refractivity contribution in [3.8, 4) is 0 Å². The van der Waals surface area contributed by atoms with Crippen LogP contribution in [0.3, 0.4) is 0 Å². The third kappa shape index (κ3) is 10.0. The van der Waals surface area contributed by atoms with Crippen LogP contribution in [-0.4, -0.2) is 71.4 Å². The monoisotopic (exact) mass is 549 g/mol. The Labute approximate surface area is 234 Å². The molecule has 1 saturated carbocycles. The van der Waals surface area contributed by atoms with E-state index in [-0.39, 0.29) is 5.91 Å². The molecule has 0 radical (unpaired) electrons. The van der Waals surface area contributed by atoms with Crippen molar-refractivity contribution >= 4 is 29.4 Å². The largest absolute Gasteiger partial charge is 0.378 e. The van der Waals surface area contributed by atoms with E-state index in [9.17, 15) is 4.79 Å². The van der Waals surface area contributed by atoms with E-state index in [4.69, 9.17) is 15.2 Å². The summed E-state index contributed by atoms with van der Waals surface area (Å²) in [4.78, 5) is 30.6. The number of nitrogens with one attached hydrogen (secondary N) is 4. The minimum absolute atomic E-state index is 0.172. The molecule has 1 aliphatic rings. The summed E-state index contributed by atoms with van der Waals surface area (Å²) >= 11 is 0. The van der Waals surface area contributed by atoms with Crippen LogP contribution < -0.4 is 27.0 Å². The molecule has 2 heterocycles. The molecule has 1 fully saturated rings. The van der Waals surface area contributed by atoms with Crippen molar-refractivity contribution in [2.24, 2.45) is 5.73 Å². The van der Waals surface area contributed by atoms with Gasteiger partial charge < -0.3 is 36.5 Å². The van der Waals surface area contributed by atoms with E-state index in [2.05, 4.69) is 41.2 Å². The number of carbonyl (C=O) groups is 1. The smallest absolute Gasteiger partial charge is 0.251 e. The lowest BCUT2D eigenvalue weighted by atomic mass is 9.96. The average Bonchev–Trinajstić information content (AvgIpc) is 2.99. The second-order valence-corrected chi connectivity index (χ2v) is 9.43. The summed E-state index contributed by atoms with van der Waals surface area (Å²) in [6, 6.07) is 13.3. The SMILES string of the molecule is NCCOCCOCCNC(=O)c1ccc(Nc2nc(NCc3ccccn3)nc(NC3CCCCC3)n2)cc1. The molecule has 2 aromatic heterocycles. The molecular weight excluding hydrogens is 510 g/mol. The molecule has 1 aromatic carbocycles. The van der Waals surface area contributed by atoms with E-state index in [1.807, 2.05) is 30.3 Å². The van der Waals surface area contributed by atoms with Gasteiger partial charge in [0.2, 0.25) is 17.8 Å². The van der Waals surface area contributed by atoms with E-state index in [0.717, 1.165) is 24.2 Å². The third-order valence-corrected chi connectivity index (χ3v) is 6.30. The Morgan fingerprint density at radius 2 is 1.62 bits per heavy atom. The number of rotatable bonds is 16. The van der Waals surface area contributed by atoms with Gasteiger partial charge in [0.1, 0.15) is 0 Å². The van der Waals surface area contributed by atoms with Crippen LogP contribution in [-0.2, 0) is 16.0 Å². The third-order valence-electron chi connectivity index (χ3n) is 6.30. The Hall–Kier alpha value is -3.87. The molecule has 214 valence electrons. The average molecular weight is 550 g/mol. The van der Waals surface area contributed by atoms with E-state index in [1.54, 1.807) is 18.3 Å². The summed E-state index contributed by atoms with van der Waals surface area (Å²) in [6.07, 6.45) is 7.64. The molecule has 0 bridgehead atoms. The van der Waals surface area contributed by atoms with Crippen molar-refractivity contribution in [2.45, 2.75) is 44.7 Å². The van der Waals surface area contributed by atoms with Crippen molar-refractivity contribution in [3.05, 3.63) is 59.9 Å². The second-order valence-electron chi connectivity index (χ2n) is 9.43. The Bertz CT molecular complexity index is 1160. The number of hydrogen-bond donors (Lipinski definition) is 5. The number of nitrogens with two attached hydrogens (primary N) is 1. The zero-order valence-electron chi connectivity index (χ0n) is 22.8. The lowest BCUT2D eigenvalue weighted by Crippen LogP contribution is -2.27. The molecule has 0 spiro atoms. The van der Waals surface area contributed by atoms with Gasteiger partial charge in [-0.1, -0.05) is 25.3 Å². The molecule has 6 N–H and O–H groups in total. The van der Waals surface area contributed by atoms with Crippen LogP contribution in [0.25, 0.3) is 0 Å². The number of pyridine rings is 1. The maximum Gasteiger partial charge on any atom is 0.251 e. The van der Waals surface area contributed by atoms with E-state index >= 15 is 0 Å². The molecule has 12 heteroatoms. The van der Waals surface area contributed by atoms with Crippen molar-refractivity contribution in [1.29, 1.82) is 0 Å². The normalized spacial score (nSPS) is 13.5. The first-order valence-corrected chi connectivity index (χ1v) is 13.9. The molecule has 1 aliphatic carbocycles. The van der Waals surface area contributed by atoms with Crippen LogP contribution in [0.2, 0.25) is 0 Å². The zero-order chi connectivity index (χ0) is 27.8. The van der Waals surface area contributed by atoms with Gasteiger partial charge >= 0.3 is 0 Å².